The van der Waals surface area contributed by atoms with Gasteiger partial charge in [0.1, 0.15) is 0 Å². The van der Waals surface area contributed by atoms with E-state index >= 15 is 0 Å². The van der Waals surface area contributed by atoms with Crippen LogP contribution in [0.3, 0.4) is 0 Å². The Morgan fingerprint density at radius 2 is 1.83 bits per heavy atom. The molecule has 2 nitrogen and oxygen atoms in total. The molecule has 0 spiro atoms. The van der Waals surface area contributed by atoms with Gasteiger partial charge in [-0.1, -0.05) is 18.2 Å². The van der Waals surface area contributed by atoms with E-state index in [-0.39, 0.29) is 56.9 Å². The molecule has 1 radical (unpaired) electrons. The maximum absolute atomic E-state index is 11.1. The fourth-order valence-corrected chi connectivity index (χ4v) is 1.13. The van der Waals surface area contributed by atoms with Gasteiger partial charge in [-0.05, 0) is 17.5 Å². The molecule has 0 saturated heterocycles. The topological polar surface area (TPSA) is 32.9 Å². The van der Waals surface area contributed by atoms with E-state index < -0.39 is 0 Å². The predicted octanol–water partition coefficient (Wildman–Crippen LogP) is 1.15. The van der Waals surface area contributed by atoms with E-state index in [2.05, 4.69) is 4.98 Å². The van der Waals surface area contributed by atoms with Gasteiger partial charge in [-0.25, -0.2) is 0 Å². The molecule has 12 heavy (non-hydrogen) atoms. The Morgan fingerprint density at radius 3 is 2.58 bits per heavy atom. The SMILES string of the molecule is O=c1[nH]ccc2ccccc12.[K]. The van der Waals surface area contributed by atoms with Crippen LogP contribution in [0.2, 0.25) is 0 Å². The fourth-order valence-electron chi connectivity index (χ4n) is 1.13. The zero-order valence-corrected chi connectivity index (χ0v) is 10.00. The van der Waals surface area contributed by atoms with Gasteiger partial charge in [-0.15, -0.1) is 0 Å². The molecule has 0 bridgehead atoms. The van der Waals surface area contributed by atoms with E-state index in [1.165, 1.54) is 0 Å². The van der Waals surface area contributed by atoms with E-state index in [1.807, 2.05) is 30.3 Å². The number of rotatable bonds is 0. The van der Waals surface area contributed by atoms with Crippen LogP contribution in [-0.4, -0.2) is 56.4 Å². The van der Waals surface area contributed by atoms with Crippen LogP contribution < -0.4 is 5.56 Å². The summed E-state index contributed by atoms with van der Waals surface area (Å²) in [5, 5.41) is 1.73. The Kier molecular flexibility index (Phi) is 3.67. The molecule has 55 valence electrons. The van der Waals surface area contributed by atoms with Crippen LogP contribution in [-0.2, 0) is 0 Å². The average Bonchev–Trinajstić information content (AvgIpc) is 2.06. The number of H-pyrrole nitrogens is 1. The Labute approximate surface area is 112 Å². The summed E-state index contributed by atoms with van der Waals surface area (Å²) in [5.74, 6) is 0. The number of fused-ring (bicyclic) bond motifs is 1. The van der Waals surface area contributed by atoms with Crippen molar-refractivity contribution in [1.82, 2.24) is 4.98 Å². The maximum atomic E-state index is 11.1. The normalized spacial score (nSPS) is 9.33. The molecule has 2 rings (SSSR count). The van der Waals surface area contributed by atoms with E-state index in [0.29, 0.717) is 0 Å². The van der Waals surface area contributed by atoms with E-state index in [4.69, 9.17) is 0 Å². The molecular weight excluding hydrogens is 177 g/mol. The van der Waals surface area contributed by atoms with Gasteiger partial charge in [0.25, 0.3) is 5.56 Å². The van der Waals surface area contributed by atoms with E-state index in [9.17, 15) is 4.79 Å². The number of aromatic nitrogens is 1. The minimum absolute atomic E-state index is 0. The first-order chi connectivity index (χ1) is 5.38. The number of hydrogen-bond acceptors (Lipinski definition) is 1. The standard InChI is InChI=1S/C9H7NO.K/c11-9-8-4-2-1-3-7(8)5-6-10-9;/h1-6H,(H,10,11);. The third-order valence-corrected chi connectivity index (χ3v) is 1.68. The number of benzene rings is 1. The van der Waals surface area contributed by atoms with Gasteiger partial charge < -0.3 is 4.98 Å². The van der Waals surface area contributed by atoms with Gasteiger partial charge in [-0.3, -0.25) is 4.79 Å². The van der Waals surface area contributed by atoms with Crippen molar-refractivity contribution in [3.8, 4) is 0 Å². The summed E-state index contributed by atoms with van der Waals surface area (Å²) < 4.78 is 0. The molecule has 0 aliphatic carbocycles. The molecule has 1 aromatic carbocycles. The molecular formula is C9H7KNO. The summed E-state index contributed by atoms with van der Waals surface area (Å²) >= 11 is 0. The zero-order chi connectivity index (χ0) is 7.68. The molecule has 0 unspecified atom stereocenters. The summed E-state index contributed by atoms with van der Waals surface area (Å²) in [5.41, 5.74) is -0.0249. The van der Waals surface area contributed by atoms with Gasteiger partial charge in [0.2, 0.25) is 0 Å². The maximum Gasteiger partial charge on any atom is 0.255 e. The summed E-state index contributed by atoms with van der Waals surface area (Å²) in [6.45, 7) is 0. The van der Waals surface area contributed by atoms with Crippen molar-refractivity contribution in [1.29, 1.82) is 0 Å². The largest absolute Gasteiger partial charge is 0.329 e. The first-order valence-electron chi connectivity index (χ1n) is 3.44. The first-order valence-corrected chi connectivity index (χ1v) is 3.44. The molecule has 3 heteroatoms. The van der Waals surface area contributed by atoms with E-state index in [1.54, 1.807) is 6.20 Å². The Morgan fingerprint density at radius 1 is 1.08 bits per heavy atom. The van der Waals surface area contributed by atoms with Crippen molar-refractivity contribution < 1.29 is 0 Å². The molecule has 0 amide bonds. The second-order valence-electron chi connectivity index (χ2n) is 2.39. The van der Waals surface area contributed by atoms with Crippen LogP contribution in [0.4, 0.5) is 0 Å². The van der Waals surface area contributed by atoms with Crippen LogP contribution >= 0.6 is 0 Å². The molecule has 0 atom stereocenters. The number of pyridine rings is 1. The number of hydrogen-bond donors (Lipinski definition) is 1. The second-order valence-corrected chi connectivity index (χ2v) is 2.39. The first kappa shape index (κ1) is 10.1. The number of nitrogens with one attached hydrogen (secondary N) is 1. The monoisotopic (exact) mass is 184 g/mol. The van der Waals surface area contributed by atoms with Crippen molar-refractivity contribution >= 4 is 62.2 Å². The molecule has 1 heterocycles. The fraction of sp³-hybridized carbons (Fsp3) is 0. The Balaban J connectivity index is 0.000000720. The predicted molar refractivity (Wildman–Crippen MR) is 50.3 cm³/mol. The third-order valence-electron chi connectivity index (χ3n) is 1.68. The molecule has 1 N–H and O–H groups in total. The summed E-state index contributed by atoms with van der Waals surface area (Å²) in [4.78, 5) is 13.7. The van der Waals surface area contributed by atoms with Crippen LogP contribution in [0.25, 0.3) is 10.8 Å². The van der Waals surface area contributed by atoms with Crippen LogP contribution in [0.15, 0.2) is 41.3 Å². The summed E-state index contributed by atoms with van der Waals surface area (Å²) in [6, 6.07) is 9.40. The Hall–Kier alpha value is 0.0664. The van der Waals surface area contributed by atoms with Gasteiger partial charge >= 0.3 is 0 Å². The molecule has 0 fully saturated rings. The van der Waals surface area contributed by atoms with Crippen LogP contribution in [0.5, 0.6) is 0 Å². The minimum atomic E-state index is -0.0249. The van der Waals surface area contributed by atoms with Gasteiger partial charge in [0.05, 0.1) is 0 Å². The van der Waals surface area contributed by atoms with Gasteiger partial charge in [-0.2, -0.15) is 0 Å². The van der Waals surface area contributed by atoms with Crippen molar-refractivity contribution in [3.63, 3.8) is 0 Å². The molecule has 2 aromatic rings. The molecule has 0 aliphatic rings. The smallest absolute Gasteiger partial charge is 0.255 e. The van der Waals surface area contributed by atoms with Gasteiger partial charge in [0, 0.05) is 63.0 Å². The number of aromatic amines is 1. The van der Waals surface area contributed by atoms with Crippen LogP contribution in [0, 0.1) is 0 Å². The van der Waals surface area contributed by atoms with Crippen LogP contribution in [0.1, 0.15) is 0 Å². The summed E-state index contributed by atoms with van der Waals surface area (Å²) in [6.07, 6.45) is 1.66. The molecule has 0 aliphatic heterocycles. The Bertz CT molecular complexity index is 430. The molecule has 0 saturated carbocycles. The van der Waals surface area contributed by atoms with Crippen molar-refractivity contribution in [2.24, 2.45) is 0 Å². The zero-order valence-electron chi connectivity index (χ0n) is 6.87. The van der Waals surface area contributed by atoms with E-state index in [0.717, 1.165) is 10.8 Å². The minimum Gasteiger partial charge on any atom is -0.329 e. The van der Waals surface area contributed by atoms with Gasteiger partial charge in [0.15, 0.2) is 0 Å². The third kappa shape index (κ3) is 1.86. The van der Waals surface area contributed by atoms with Crippen molar-refractivity contribution in [2.45, 2.75) is 0 Å². The second kappa shape index (κ2) is 4.34. The molecule has 1 aromatic heterocycles. The average molecular weight is 184 g/mol. The quantitative estimate of drug-likeness (QED) is 0.612. The van der Waals surface area contributed by atoms with Crippen molar-refractivity contribution in [3.05, 3.63) is 46.9 Å². The van der Waals surface area contributed by atoms with Crippen molar-refractivity contribution in [2.75, 3.05) is 0 Å². The summed E-state index contributed by atoms with van der Waals surface area (Å²) in [7, 11) is 0.